The zero-order valence-electron chi connectivity index (χ0n) is 21.0. The van der Waals surface area contributed by atoms with Crippen molar-refractivity contribution < 1.29 is 19.1 Å². The molecule has 0 radical (unpaired) electrons. The van der Waals surface area contributed by atoms with Gasteiger partial charge in [0.25, 0.3) is 0 Å². The summed E-state index contributed by atoms with van der Waals surface area (Å²) in [5.74, 6) is 0.567. The minimum atomic E-state index is -0.893. The van der Waals surface area contributed by atoms with Crippen LogP contribution in [0.15, 0.2) is 60.0 Å². The molecule has 0 spiro atoms. The lowest BCUT2D eigenvalue weighted by molar-refractivity contribution is -0.128. The smallest absolute Gasteiger partial charge is 0.249 e. The van der Waals surface area contributed by atoms with Gasteiger partial charge in [-0.2, -0.15) is 0 Å². The summed E-state index contributed by atoms with van der Waals surface area (Å²) in [5, 5.41) is 13.4. The Kier molecular flexibility index (Phi) is 6.84. The first-order chi connectivity index (χ1) is 17.9. The maximum absolute atomic E-state index is 14.1. The number of nitrogens with zero attached hydrogens (tertiary/aromatic N) is 4. The molecule has 0 bridgehead atoms. The summed E-state index contributed by atoms with van der Waals surface area (Å²) in [6, 6.07) is 15.6. The van der Waals surface area contributed by atoms with E-state index < -0.39 is 11.6 Å². The molecule has 0 fully saturated rings. The van der Waals surface area contributed by atoms with Crippen molar-refractivity contribution in [1.29, 1.82) is 0 Å². The molecular weight excluding hydrogens is 490 g/mol. The fourth-order valence-corrected chi connectivity index (χ4v) is 4.98. The van der Waals surface area contributed by atoms with Crippen molar-refractivity contribution in [3.05, 3.63) is 64.9 Å². The van der Waals surface area contributed by atoms with E-state index in [2.05, 4.69) is 15.6 Å². The summed E-state index contributed by atoms with van der Waals surface area (Å²) in [4.78, 5) is 30.2. The van der Waals surface area contributed by atoms with Crippen molar-refractivity contribution in [3.8, 4) is 11.5 Å². The Morgan fingerprint density at radius 2 is 1.89 bits per heavy atom. The number of anilines is 1. The van der Waals surface area contributed by atoms with E-state index in [9.17, 15) is 9.59 Å². The van der Waals surface area contributed by atoms with E-state index in [4.69, 9.17) is 9.47 Å². The fourth-order valence-electron chi connectivity index (χ4n) is 4.17. The molecule has 1 unspecified atom stereocenters. The Morgan fingerprint density at radius 1 is 1.11 bits per heavy atom. The Balaban J connectivity index is 1.59. The average Bonchev–Trinajstić information content (AvgIpc) is 3.57. The molecule has 1 atom stereocenters. The molecule has 0 saturated carbocycles. The first-order valence-electron chi connectivity index (χ1n) is 12.2. The van der Waals surface area contributed by atoms with Crippen LogP contribution in [0.5, 0.6) is 11.5 Å². The number of rotatable bonds is 8. The van der Waals surface area contributed by atoms with Crippen molar-refractivity contribution in [3.63, 3.8) is 0 Å². The topological polar surface area (TPSA) is 98.6 Å². The van der Waals surface area contributed by atoms with Gasteiger partial charge in [0.05, 0.1) is 5.52 Å². The minimum Gasteiger partial charge on any atom is -0.486 e. The number of nitrogens with one attached hydrogen (secondary N) is 1. The van der Waals surface area contributed by atoms with E-state index in [-0.39, 0.29) is 18.4 Å². The molecular formula is C27H29N5O4S. The van der Waals surface area contributed by atoms with Gasteiger partial charge in [-0.05, 0) is 56.0 Å². The maximum atomic E-state index is 14.1. The predicted molar refractivity (Wildman–Crippen MR) is 142 cm³/mol. The molecule has 1 aliphatic heterocycles. The second kappa shape index (κ2) is 10.2. The number of aromatic nitrogens is 3. The summed E-state index contributed by atoms with van der Waals surface area (Å²) in [7, 11) is 0. The van der Waals surface area contributed by atoms with Gasteiger partial charge in [0, 0.05) is 22.2 Å². The second-order valence-electron chi connectivity index (χ2n) is 9.47. The van der Waals surface area contributed by atoms with E-state index in [0.29, 0.717) is 35.9 Å². The number of ether oxygens (including phenoxy) is 2. The summed E-state index contributed by atoms with van der Waals surface area (Å²) in [6.45, 7) is 6.72. The number of hydrogen-bond acceptors (Lipinski definition) is 7. The van der Waals surface area contributed by atoms with Gasteiger partial charge in [0.15, 0.2) is 11.5 Å². The zero-order valence-corrected chi connectivity index (χ0v) is 21.8. The molecule has 1 aliphatic rings. The van der Waals surface area contributed by atoms with Gasteiger partial charge in [-0.15, -0.1) is 16.4 Å². The van der Waals surface area contributed by atoms with Gasteiger partial charge < -0.3 is 14.8 Å². The van der Waals surface area contributed by atoms with Gasteiger partial charge in [-0.25, -0.2) is 4.68 Å². The number of carbonyl (C=O) groups excluding carboxylic acids is 2. The molecule has 2 amide bonds. The molecule has 3 heterocycles. The van der Waals surface area contributed by atoms with Gasteiger partial charge in [0.2, 0.25) is 11.8 Å². The lowest BCUT2D eigenvalue weighted by atomic mass is 10.0. The van der Waals surface area contributed by atoms with E-state index in [1.165, 1.54) is 16.2 Å². The highest BCUT2D eigenvalue weighted by molar-refractivity contribution is 7.10. The molecule has 2 aromatic carbocycles. The molecule has 4 aromatic rings. The summed E-state index contributed by atoms with van der Waals surface area (Å²) >= 11 is 1.43. The molecule has 5 rings (SSSR count). The standard InChI is InChI=1S/C27H29N5O4S/c1-4-27(2,3)28-26(34)25(23-10-7-15-37-23)32(18-11-12-21-22(16-18)36-14-13-35-21)24(33)17-31-20-9-6-5-8-19(20)29-30-31/h5-12,15-16,25H,4,13-14,17H2,1-3H3,(H,28,34). The monoisotopic (exact) mass is 519 g/mol. The fraction of sp³-hybridized carbons (Fsp3) is 0.333. The van der Waals surface area contributed by atoms with Crippen molar-refractivity contribution in [2.24, 2.45) is 0 Å². The molecule has 9 nitrogen and oxygen atoms in total. The lowest BCUT2D eigenvalue weighted by Crippen LogP contribution is -2.50. The first-order valence-corrected chi connectivity index (χ1v) is 13.1. The summed E-state index contributed by atoms with van der Waals surface area (Å²) in [6.07, 6.45) is 0.735. The van der Waals surface area contributed by atoms with Crippen molar-refractivity contribution in [2.75, 3.05) is 18.1 Å². The first kappa shape index (κ1) is 24.8. The highest BCUT2D eigenvalue weighted by atomic mass is 32.1. The molecule has 2 aromatic heterocycles. The van der Waals surface area contributed by atoms with Crippen molar-refractivity contribution in [2.45, 2.75) is 45.3 Å². The van der Waals surface area contributed by atoms with Crippen LogP contribution in [0.4, 0.5) is 5.69 Å². The van der Waals surface area contributed by atoms with E-state index >= 15 is 0 Å². The van der Waals surface area contributed by atoms with Crippen LogP contribution in [-0.2, 0) is 16.1 Å². The van der Waals surface area contributed by atoms with E-state index in [1.54, 1.807) is 22.9 Å². The third-order valence-corrected chi connectivity index (χ3v) is 7.37. The number of para-hydroxylation sites is 1. The van der Waals surface area contributed by atoms with Crippen molar-refractivity contribution in [1.82, 2.24) is 20.3 Å². The Labute approximate surface area is 219 Å². The highest BCUT2D eigenvalue weighted by Gasteiger charge is 2.36. The van der Waals surface area contributed by atoms with Gasteiger partial charge in [-0.1, -0.05) is 30.3 Å². The van der Waals surface area contributed by atoms with Gasteiger partial charge in [-0.3, -0.25) is 14.5 Å². The normalized spacial score (nSPS) is 13.8. The Bertz CT molecular complexity index is 1420. The molecule has 192 valence electrons. The van der Waals surface area contributed by atoms with E-state index in [0.717, 1.165) is 16.8 Å². The minimum absolute atomic E-state index is 0.0960. The Morgan fingerprint density at radius 3 is 2.65 bits per heavy atom. The lowest BCUT2D eigenvalue weighted by Gasteiger charge is -2.34. The van der Waals surface area contributed by atoms with Crippen LogP contribution in [-0.4, -0.2) is 45.6 Å². The Hall–Kier alpha value is -3.92. The van der Waals surface area contributed by atoms with Gasteiger partial charge >= 0.3 is 0 Å². The number of hydrogen-bond donors (Lipinski definition) is 1. The van der Waals surface area contributed by atoms with Crippen LogP contribution in [0.1, 0.15) is 38.1 Å². The zero-order chi connectivity index (χ0) is 26.0. The molecule has 0 saturated heterocycles. The largest absolute Gasteiger partial charge is 0.486 e. The van der Waals surface area contributed by atoms with Crippen LogP contribution in [0, 0.1) is 0 Å². The summed E-state index contributed by atoms with van der Waals surface area (Å²) < 4.78 is 13.0. The quantitative estimate of drug-likeness (QED) is 0.372. The number of thiophene rings is 1. The summed E-state index contributed by atoms with van der Waals surface area (Å²) in [5.41, 5.74) is 1.51. The molecule has 37 heavy (non-hydrogen) atoms. The number of fused-ring (bicyclic) bond motifs is 2. The molecule has 0 aliphatic carbocycles. The SMILES string of the molecule is CCC(C)(C)NC(=O)C(c1cccs1)N(C(=O)Cn1nnc2ccccc21)c1ccc2c(c1)OCCO2. The number of amides is 2. The molecule has 10 heteroatoms. The number of benzene rings is 2. The van der Waals surface area contributed by atoms with Crippen LogP contribution in [0.2, 0.25) is 0 Å². The number of carbonyl (C=O) groups is 2. The third kappa shape index (κ3) is 5.15. The third-order valence-electron chi connectivity index (χ3n) is 6.44. The van der Waals surface area contributed by atoms with E-state index in [1.807, 2.05) is 62.5 Å². The highest BCUT2D eigenvalue weighted by Crippen LogP contribution is 2.38. The maximum Gasteiger partial charge on any atom is 0.249 e. The molecule has 1 N–H and O–H groups in total. The van der Waals surface area contributed by atoms with Gasteiger partial charge in [0.1, 0.15) is 31.3 Å². The van der Waals surface area contributed by atoms with Crippen LogP contribution >= 0.6 is 11.3 Å². The second-order valence-corrected chi connectivity index (χ2v) is 10.5. The van der Waals surface area contributed by atoms with Crippen LogP contribution in [0.25, 0.3) is 11.0 Å². The van der Waals surface area contributed by atoms with Crippen molar-refractivity contribution >= 4 is 39.9 Å². The average molecular weight is 520 g/mol. The van der Waals surface area contributed by atoms with Crippen LogP contribution < -0.4 is 19.7 Å². The van der Waals surface area contributed by atoms with Crippen LogP contribution in [0.3, 0.4) is 0 Å². The predicted octanol–water partition coefficient (Wildman–Crippen LogP) is 4.34.